The minimum Gasteiger partial charge on any atom is -0.494 e. The molecule has 3 aromatic rings. The third-order valence-corrected chi connectivity index (χ3v) is 5.71. The van der Waals surface area contributed by atoms with Gasteiger partial charge in [-0.3, -0.25) is 9.00 Å². The number of hydrogen-bond acceptors (Lipinski definition) is 5. The Labute approximate surface area is 170 Å². The molecule has 0 saturated heterocycles. The van der Waals surface area contributed by atoms with E-state index in [1.165, 1.54) is 37.3 Å². The van der Waals surface area contributed by atoms with Crippen LogP contribution in [0.2, 0.25) is 0 Å². The van der Waals surface area contributed by atoms with Gasteiger partial charge in [0.2, 0.25) is 5.43 Å². The van der Waals surface area contributed by atoms with Crippen molar-refractivity contribution in [1.29, 1.82) is 0 Å². The molecule has 2 aromatic carbocycles. The highest BCUT2D eigenvalue weighted by molar-refractivity contribution is 7.84. The lowest BCUT2D eigenvalue weighted by atomic mass is 10.1. The molecular weight excluding hydrogens is 392 g/mol. The van der Waals surface area contributed by atoms with E-state index in [1.807, 2.05) is 0 Å². The molecule has 6 nitrogen and oxygen atoms in total. The fourth-order valence-corrected chi connectivity index (χ4v) is 3.92. The molecule has 1 aromatic heterocycles. The van der Waals surface area contributed by atoms with E-state index in [0.29, 0.717) is 17.3 Å². The molecule has 0 saturated carbocycles. The largest absolute Gasteiger partial charge is 0.494 e. The first-order chi connectivity index (χ1) is 13.9. The lowest BCUT2D eigenvalue weighted by molar-refractivity contribution is 0.0697. The van der Waals surface area contributed by atoms with Gasteiger partial charge in [0.1, 0.15) is 11.3 Å². The number of benzene rings is 2. The normalized spacial score (nSPS) is 12.3. The fourth-order valence-electron chi connectivity index (χ4n) is 3.23. The van der Waals surface area contributed by atoms with Crippen molar-refractivity contribution < 1.29 is 23.3 Å². The van der Waals surface area contributed by atoms with Gasteiger partial charge < -0.3 is 14.3 Å². The number of hydrogen-bond donors (Lipinski definition) is 1. The summed E-state index contributed by atoms with van der Waals surface area (Å²) < 4.78 is 23.9. The van der Waals surface area contributed by atoms with Crippen molar-refractivity contribution in [3.05, 3.63) is 46.1 Å². The number of carboxylic acids is 1. The summed E-state index contributed by atoms with van der Waals surface area (Å²) in [6, 6.07) is 7.34. The van der Waals surface area contributed by atoms with Crippen molar-refractivity contribution in [3.63, 3.8) is 0 Å². The zero-order chi connectivity index (χ0) is 21.0. The van der Waals surface area contributed by atoms with Crippen molar-refractivity contribution in [2.24, 2.45) is 0 Å². The first kappa shape index (κ1) is 21.0. The molecule has 1 unspecified atom stereocenters. The standard InChI is InChI=1S/C22H24O6S/c1-3-4-5-6-7-10-27-15-12-17-20(23)16-11-14(22(24)25)8-9-18(16)28-21(17)19(13-15)29(2)26/h8-9,11-13H,3-7,10H2,1-2H3,(H,24,25). The van der Waals surface area contributed by atoms with Crippen LogP contribution in [0.1, 0.15) is 49.4 Å². The van der Waals surface area contributed by atoms with E-state index < -0.39 is 16.8 Å². The van der Waals surface area contributed by atoms with Gasteiger partial charge in [0.05, 0.1) is 38.6 Å². The molecule has 0 aliphatic rings. The SMILES string of the molecule is CCCCCCCOc1cc(S(C)=O)c2oc3ccc(C(=O)O)cc3c(=O)c2c1. The second-order valence-electron chi connectivity index (χ2n) is 6.96. The second-order valence-corrected chi connectivity index (χ2v) is 8.31. The van der Waals surface area contributed by atoms with E-state index in [4.69, 9.17) is 9.15 Å². The number of ether oxygens (including phenoxy) is 1. The van der Waals surface area contributed by atoms with E-state index >= 15 is 0 Å². The topological polar surface area (TPSA) is 93.8 Å². The molecule has 0 amide bonds. The molecule has 1 atom stereocenters. The third kappa shape index (κ3) is 4.67. The maximum absolute atomic E-state index is 13.0. The van der Waals surface area contributed by atoms with Gasteiger partial charge in [-0.1, -0.05) is 32.6 Å². The monoisotopic (exact) mass is 416 g/mol. The smallest absolute Gasteiger partial charge is 0.335 e. The molecule has 3 rings (SSSR count). The van der Waals surface area contributed by atoms with Crippen LogP contribution in [0.25, 0.3) is 21.9 Å². The molecule has 0 aliphatic carbocycles. The van der Waals surface area contributed by atoms with Crippen LogP contribution in [0.4, 0.5) is 0 Å². The summed E-state index contributed by atoms with van der Waals surface area (Å²) in [5, 5.41) is 9.59. The summed E-state index contributed by atoms with van der Waals surface area (Å²) in [4.78, 5) is 24.6. The number of unbranched alkanes of at least 4 members (excludes halogenated alkanes) is 4. The molecule has 1 N–H and O–H groups in total. The minimum absolute atomic E-state index is 0.00271. The first-order valence-electron chi connectivity index (χ1n) is 9.66. The van der Waals surface area contributed by atoms with Gasteiger partial charge in [-0.25, -0.2) is 4.79 Å². The Morgan fingerprint density at radius 3 is 2.55 bits per heavy atom. The highest BCUT2D eigenvalue weighted by Crippen LogP contribution is 2.29. The highest BCUT2D eigenvalue weighted by atomic mass is 32.2. The fraction of sp³-hybridized carbons (Fsp3) is 0.364. The van der Waals surface area contributed by atoms with Crippen LogP contribution < -0.4 is 10.2 Å². The van der Waals surface area contributed by atoms with Crippen molar-refractivity contribution in [3.8, 4) is 5.75 Å². The summed E-state index contributed by atoms with van der Waals surface area (Å²) in [6.45, 7) is 2.67. The summed E-state index contributed by atoms with van der Waals surface area (Å²) >= 11 is 0. The quantitative estimate of drug-likeness (QED) is 0.400. The van der Waals surface area contributed by atoms with Crippen LogP contribution in [0.3, 0.4) is 0 Å². The van der Waals surface area contributed by atoms with E-state index in [2.05, 4.69) is 6.92 Å². The average Bonchev–Trinajstić information content (AvgIpc) is 2.70. The van der Waals surface area contributed by atoms with Crippen LogP contribution in [-0.4, -0.2) is 28.1 Å². The Bertz CT molecular complexity index is 1130. The first-order valence-corrected chi connectivity index (χ1v) is 11.2. The van der Waals surface area contributed by atoms with Crippen LogP contribution in [0.5, 0.6) is 5.75 Å². The molecule has 29 heavy (non-hydrogen) atoms. The Morgan fingerprint density at radius 2 is 1.86 bits per heavy atom. The Balaban J connectivity index is 2.03. The maximum atomic E-state index is 13.0. The van der Waals surface area contributed by atoms with E-state index in [9.17, 15) is 18.9 Å². The Hall–Kier alpha value is -2.67. The maximum Gasteiger partial charge on any atom is 0.335 e. The van der Waals surface area contributed by atoms with Crippen molar-refractivity contribution in [2.45, 2.75) is 43.9 Å². The summed E-state index contributed by atoms with van der Waals surface area (Å²) in [7, 11) is -1.40. The van der Waals surface area contributed by atoms with E-state index in [-0.39, 0.29) is 32.9 Å². The van der Waals surface area contributed by atoms with Crippen LogP contribution in [0.15, 0.2) is 44.4 Å². The minimum atomic E-state index is -1.40. The zero-order valence-electron chi connectivity index (χ0n) is 16.5. The summed E-state index contributed by atoms with van der Waals surface area (Å²) in [5.74, 6) is -0.666. The summed E-state index contributed by atoms with van der Waals surface area (Å²) in [6.07, 6.45) is 7.01. The molecule has 0 aliphatic heterocycles. The van der Waals surface area contributed by atoms with Gasteiger partial charge >= 0.3 is 5.97 Å². The molecule has 154 valence electrons. The van der Waals surface area contributed by atoms with Gasteiger partial charge in [-0.2, -0.15) is 0 Å². The van der Waals surface area contributed by atoms with Crippen molar-refractivity contribution >= 4 is 38.7 Å². The average molecular weight is 416 g/mol. The molecule has 0 fully saturated rings. The van der Waals surface area contributed by atoms with Crippen LogP contribution in [-0.2, 0) is 10.8 Å². The number of carbonyl (C=O) groups is 1. The van der Waals surface area contributed by atoms with Crippen molar-refractivity contribution in [2.75, 3.05) is 12.9 Å². The summed E-state index contributed by atoms with van der Waals surface area (Å²) in [5.41, 5.74) is 0.123. The lowest BCUT2D eigenvalue weighted by Crippen LogP contribution is -2.07. The Kier molecular flexibility index (Phi) is 6.69. The predicted molar refractivity (Wildman–Crippen MR) is 114 cm³/mol. The van der Waals surface area contributed by atoms with E-state index in [1.54, 1.807) is 12.1 Å². The molecule has 7 heteroatoms. The lowest BCUT2D eigenvalue weighted by Gasteiger charge is -2.11. The number of rotatable bonds is 9. The second kappa shape index (κ2) is 9.22. The Morgan fingerprint density at radius 1 is 1.10 bits per heavy atom. The molecule has 0 spiro atoms. The van der Waals surface area contributed by atoms with Crippen LogP contribution in [0, 0.1) is 0 Å². The van der Waals surface area contributed by atoms with E-state index in [0.717, 1.165) is 19.3 Å². The van der Waals surface area contributed by atoms with Gasteiger partial charge in [-0.15, -0.1) is 0 Å². The molecule has 1 heterocycles. The number of aromatic carboxylic acids is 1. The van der Waals surface area contributed by atoms with Gasteiger partial charge in [0.25, 0.3) is 0 Å². The van der Waals surface area contributed by atoms with Gasteiger partial charge in [0.15, 0.2) is 5.58 Å². The number of fused-ring (bicyclic) bond motifs is 2. The van der Waals surface area contributed by atoms with Gasteiger partial charge in [0, 0.05) is 12.3 Å². The molecular formula is C22H24O6S. The zero-order valence-corrected chi connectivity index (χ0v) is 17.3. The van der Waals surface area contributed by atoms with Crippen molar-refractivity contribution in [1.82, 2.24) is 0 Å². The highest BCUT2D eigenvalue weighted by Gasteiger charge is 2.17. The van der Waals surface area contributed by atoms with Gasteiger partial charge in [-0.05, 0) is 30.7 Å². The molecule has 0 radical (unpaired) electrons. The third-order valence-electron chi connectivity index (χ3n) is 4.78. The molecule has 0 bridgehead atoms. The predicted octanol–water partition coefficient (Wildman–Crippen LogP) is 4.73. The van der Waals surface area contributed by atoms with Crippen LogP contribution >= 0.6 is 0 Å². The number of carboxylic acid groups (broad SMARTS) is 1.